The van der Waals surface area contributed by atoms with E-state index in [-0.39, 0.29) is 5.69 Å². The van der Waals surface area contributed by atoms with Gasteiger partial charge < -0.3 is 5.11 Å². The maximum absolute atomic E-state index is 10.7. The molecular formula is C9H10N2O2. The van der Waals surface area contributed by atoms with Crippen LogP contribution in [0.1, 0.15) is 34.6 Å². The van der Waals surface area contributed by atoms with Crippen LogP contribution < -0.4 is 0 Å². The molecule has 0 radical (unpaired) electrons. The van der Waals surface area contributed by atoms with E-state index in [1.54, 1.807) is 0 Å². The topological polar surface area (TPSA) is 66.0 Å². The molecule has 0 unspecified atom stereocenters. The number of aromatic carboxylic acids is 1. The van der Waals surface area contributed by atoms with Crippen LogP contribution in [-0.4, -0.2) is 21.3 Å². The van der Waals surface area contributed by atoms with Gasteiger partial charge in [0.05, 0.1) is 0 Å². The van der Waals surface area contributed by atoms with E-state index in [1.165, 1.54) is 0 Å². The van der Waals surface area contributed by atoms with E-state index in [1.807, 2.05) is 0 Å². The van der Waals surface area contributed by atoms with Crippen molar-refractivity contribution in [2.45, 2.75) is 19.3 Å². The zero-order valence-electron chi connectivity index (χ0n) is 7.24. The van der Waals surface area contributed by atoms with Gasteiger partial charge in [0.25, 0.3) is 0 Å². The molecule has 1 heterocycles. The van der Waals surface area contributed by atoms with Crippen LogP contribution in [0.5, 0.6) is 0 Å². The fraction of sp³-hybridized carbons (Fsp3) is 0.556. The monoisotopic (exact) mass is 178 g/mol. The molecule has 4 nitrogen and oxygen atoms in total. The Kier molecular flexibility index (Phi) is 1.07. The Bertz CT molecular complexity index is 396. The summed E-state index contributed by atoms with van der Waals surface area (Å²) < 4.78 is 0. The van der Waals surface area contributed by atoms with E-state index in [0.29, 0.717) is 11.8 Å². The number of hydrogen-bond donors (Lipinski definition) is 2. The minimum atomic E-state index is -0.911. The molecule has 68 valence electrons. The highest BCUT2D eigenvalue weighted by Crippen LogP contribution is 2.60. The zero-order valence-corrected chi connectivity index (χ0v) is 7.24. The van der Waals surface area contributed by atoms with Crippen LogP contribution in [0.15, 0.2) is 0 Å². The molecule has 3 atom stereocenters. The summed E-state index contributed by atoms with van der Waals surface area (Å²) >= 11 is 0. The molecule has 0 spiro atoms. The molecule has 0 aliphatic heterocycles. The van der Waals surface area contributed by atoms with E-state index in [2.05, 4.69) is 17.1 Å². The zero-order chi connectivity index (χ0) is 9.16. The molecule has 1 aromatic rings. The van der Waals surface area contributed by atoms with Crippen LogP contribution >= 0.6 is 0 Å². The maximum Gasteiger partial charge on any atom is 0.356 e. The van der Waals surface area contributed by atoms with Gasteiger partial charge >= 0.3 is 5.97 Å². The van der Waals surface area contributed by atoms with Crippen LogP contribution in [0.2, 0.25) is 0 Å². The average Bonchev–Trinajstić information content (AvgIpc) is 2.49. The quantitative estimate of drug-likeness (QED) is 0.674. The third-order valence-corrected chi connectivity index (χ3v) is 3.44. The standard InChI is InChI=1S/C9H10N2O2/c1-3-4-2-5-7(6(3)4)10-11-8(5)9(12)13/h3-4,6H,2H2,1H3,(H,10,11)(H,12,13)/t3-,4+,6-/m1/s1. The van der Waals surface area contributed by atoms with Crippen molar-refractivity contribution in [3.05, 3.63) is 17.0 Å². The van der Waals surface area contributed by atoms with Crippen LogP contribution in [0, 0.1) is 11.8 Å². The fourth-order valence-corrected chi connectivity index (χ4v) is 2.61. The molecule has 1 aromatic heterocycles. The highest BCUT2D eigenvalue weighted by atomic mass is 16.4. The van der Waals surface area contributed by atoms with E-state index >= 15 is 0 Å². The summed E-state index contributed by atoms with van der Waals surface area (Å²) in [5.41, 5.74) is 2.25. The highest BCUT2D eigenvalue weighted by molar-refractivity contribution is 5.87. The van der Waals surface area contributed by atoms with Crippen LogP contribution in [0.3, 0.4) is 0 Å². The number of aromatic nitrogens is 2. The van der Waals surface area contributed by atoms with E-state index < -0.39 is 5.97 Å². The Morgan fingerprint density at radius 2 is 2.46 bits per heavy atom. The predicted octanol–water partition coefficient (Wildman–Crippen LogP) is 1.01. The van der Waals surface area contributed by atoms with Crippen molar-refractivity contribution >= 4 is 5.97 Å². The van der Waals surface area contributed by atoms with Gasteiger partial charge in [0.15, 0.2) is 5.69 Å². The van der Waals surface area contributed by atoms with Gasteiger partial charge in [-0.15, -0.1) is 0 Å². The molecule has 0 amide bonds. The van der Waals surface area contributed by atoms with E-state index in [0.717, 1.165) is 23.6 Å². The van der Waals surface area contributed by atoms with E-state index in [4.69, 9.17) is 5.11 Å². The first-order chi connectivity index (χ1) is 6.20. The molecule has 2 aliphatic carbocycles. The number of carboxylic acids is 1. The Labute approximate surface area is 75.0 Å². The van der Waals surface area contributed by atoms with Crippen molar-refractivity contribution in [3.63, 3.8) is 0 Å². The molecule has 0 saturated heterocycles. The van der Waals surface area contributed by atoms with Crippen molar-refractivity contribution in [2.75, 3.05) is 0 Å². The highest BCUT2D eigenvalue weighted by Gasteiger charge is 2.55. The van der Waals surface area contributed by atoms with Gasteiger partial charge in [0.1, 0.15) is 0 Å². The number of fused-ring (bicyclic) bond motifs is 3. The molecule has 0 bridgehead atoms. The van der Waals surface area contributed by atoms with Gasteiger partial charge in [-0.25, -0.2) is 4.79 Å². The van der Waals surface area contributed by atoms with Gasteiger partial charge in [-0.2, -0.15) is 5.10 Å². The van der Waals surface area contributed by atoms with Crippen molar-refractivity contribution < 1.29 is 9.90 Å². The predicted molar refractivity (Wildman–Crippen MR) is 44.6 cm³/mol. The summed E-state index contributed by atoms with van der Waals surface area (Å²) in [7, 11) is 0. The molecule has 13 heavy (non-hydrogen) atoms. The maximum atomic E-state index is 10.7. The summed E-state index contributed by atoms with van der Waals surface area (Å²) in [6.45, 7) is 2.21. The Balaban J connectivity index is 2.08. The number of carbonyl (C=O) groups is 1. The number of nitrogens with zero attached hydrogens (tertiary/aromatic N) is 1. The van der Waals surface area contributed by atoms with Gasteiger partial charge in [-0.3, -0.25) is 5.10 Å². The first-order valence-electron chi connectivity index (χ1n) is 4.50. The number of nitrogens with one attached hydrogen (secondary N) is 1. The smallest absolute Gasteiger partial charge is 0.356 e. The lowest BCUT2D eigenvalue weighted by molar-refractivity contribution is 0.0689. The minimum Gasteiger partial charge on any atom is -0.476 e. The number of hydrogen-bond acceptors (Lipinski definition) is 2. The summed E-state index contributed by atoms with van der Waals surface area (Å²) in [5, 5.41) is 15.5. The number of H-pyrrole nitrogens is 1. The van der Waals surface area contributed by atoms with Gasteiger partial charge in [0.2, 0.25) is 0 Å². The second-order valence-corrected chi connectivity index (χ2v) is 4.02. The Morgan fingerprint density at radius 3 is 3.15 bits per heavy atom. The second-order valence-electron chi connectivity index (χ2n) is 4.02. The summed E-state index contributed by atoms with van der Waals surface area (Å²) in [5.74, 6) is 1.05. The van der Waals surface area contributed by atoms with E-state index in [9.17, 15) is 4.79 Å². The van der Waals surface area contributed by atoms with Gasteiger partial charge in [-0.05, 0) is 18.3 Å². The average molecular weight is 178 g/mol. The SMILES string of the molecule is C[C@@H]1[C@@H]2Cc3c(C(=O)O)n[nH]c3[C@H]12. The molecule has 2 N–H and O–H groups in total. The van der Waals surface area contributed by atoms with Gasteiger partial charge in [0, 0.05) is 17.2 Å². The molecule has 2 aliphatic rings. The van der Waals surface area contributed by atoms with Crippen molar-refractivity contribution in [2.24, 2.45) is 11.8 Å². The largest absolute Gasteiger partial charge is 0.476 e. The molecule has 1 saturated carbocycles. The van der Waals surface area contributed by atoms with Crippen molar-refractivity contribution in [1.82, 2.24) is 10.2 Å². The second kappa shape index (κ2) is 1.95. The number of carboxylic acid groups (broad SMARTS) is 1. The lowest BCUT2D eigenvalue weighted by atomic mass is 10.1. The van der Waals surface area contributed by atoms with Crippen LogP contribution in [-0.2, 0) is 6.42 Å². The molecular weight excluding hydrogens is 168 g/mol. The minimum absolute atomic E-state index is 0.231. The summed E-state index contributed by atoms with van der Waals surface area (Å²) in [6.07, 6.45) is 0.902. The lowest BCUT2D eigenvalue weighted by Crippen LogP contribution is -2.02. The number of rotatable bonds is 1. The molecule has 1 fully saturated rings. The van der Waals surface area contributed by atoms with Gasteiger partial charge in [-0.1, -0.05) is 6.92 Å². The van der Waals surface area contributed by atoms with Crippen molar-refractivity contribution in [1.29, 1.82) is 0 Å². The Morgan fingerprint density at radius 1 is 1.69 bits per heavy atom. The first-order valence-corrected chi connectivity index (χ1v) is 4.50. The summed E-state index contributed by atoms with van der Waals surface area (Å²) in [6, 6.07) is 0. The lowest BCUT2D eigenvalue weighted by Gasteiger charge is -1.96. The first kappa shape index (κ1) is 7.12. The number of aromatic amines is 1. The third-order valence-electron chi connectivity index (χ3n) is 3.44. The normalized spacial score (nSPS) is 34.1. The van der Waals surface area contributed by atoms with Crippen LogP contribution in [0.25, 0.3) is 0 Å². The van der Waals surface area contributed by atoms with Crippen LogP contribution in [0.4, 0.5) is 0 Å². The Hall–Kier alpha value is -1.32. The summed E-state index contributed by atoms with van der Waals surface area (Å²) in [4.78, 5) is 10.7. The molecule has 4 heteroatoms. The molecule has 0 aromatic carbocycles. The van der Waals surface area contributed by atoms with Crippen molar-refractivity contribution in [3.8, 4) is 0 Å². The fourth-order valence-electron chi connectivity index (χ4n) is 2.61. The molecule has 3 rings (SSSR count). The third kappa shape index (κ3) is 0.709.